The van der Waals surface area contributed by atoms with Crippen molar-refractivity contribution in [2.24, 2.45) is 7.05 Å². The number of alkyl halides is 2. The summed E-state index contributed by atoms with van der Waals surface area (Å²) in [4.78, 5) is 12.1. The number of carbonyl (C=O) groups is 1. The molecular weight excluding hydrogens is 304 g/mol. The second-order valence-electron chi connectivity index (χ2n) is 4.25. The lowest BCUT2D eigenvalue weighted by Crippen LogP contribution is -2.13. The topological polar surface area (TPSA) is 56.1 Å². The quantitative estimate of drug-likeness (QED) is 0.942. The van der Waals surface area contributed by atoms with E-state index >= 15 is 0 Å². The summed E-state index contributed by atoms with van der Waals surface area (Å²) < 4.78 is 30.0. The zero-order valence-corrected chi connectivity index (χ0v) is 12.0. The average molecular weight is 316 g/mol. The fourth-order valence-electron chi connectivity index (χ4n) is 1.69. The van der Waals surface area contributed by atoms with E-state index in [-0.39, 0.29) is 16.7 Å². The van der Waals surface area contributed by atoms with Crippen LogP contribution in [-0.2, 0) is 7.05 Å². The van der Waals surface area contributed by atoms with E-state index in [0.717, 1.165) is 0 Å². The average Bonchev–Trinajstić information content (AvgIpc) is 2.73. The maximum atomic E-state index is 12.1. The Balaban J connectivity index is 2.15. The number of amides is 1. The van der Waals surface area contributed by atoms with Gasteiger partial charge < -0.3 is 10.1 Å². The predicted octanol–water partition coefficient (Wildman–Crippen LogP) is 3.24. The van der Waals surface area contributed by atoms with Gasteiger partial charge in [0.25, 0.3) is 5.91 Å². The molecular formula is C13H12ClF2N3O2. The smallest absolute Gasteiger partial charge is 0.387 e. The number of halogens is 3. The van der Waals surface area contributed by atoms with Gasteiger partial charge in [0.15, 0.2) is 0 Å². The number of aryl methyl sites for hydroxylation is 1. The van der Waals surface area contributed by atoms with E-state index in [4.69, 9.17) is 11.6 Å². The van der Waals surface area contributed by atoms with Crippen LogP contribution in [0.1, 0.15) is 16.1 Å². The number of hydrogen-bond acceptors (Lipinski definition) is 3. The molecule has 0 bridgehead atoms. The van der Waals surface area contributed by atoms with Crippen molar-refractivity contribution in [3.8, 4) is 5.75 Å². The fraction of sp³-hybridized carbons (Fsp3) is 0.231. The Bertz CT molecular complexity index is 673. The summed E-state index contributed by atoms with van der Waals surface area (Å²) in [6.07, 6.45) is 1.44. The molecule has 0 radical (unpaired) electrons. The van der Waals surface area contributed by atoms with Gasteiger partial charge in [0, 0.05) is 18.4 Å². The summed E-state index contributed by atoms with van der Waals surface area (Å²) in [5.41, 5.74) is 1.49. The Kier molecular flexibility index (Phi) is 4.42. The van der Waals surface area contributed by atoms with E-state index in [1.807, 2.05) is 0 Å². The van der Waals surface area contributed by atoms with Crippen molar-refractivity contribution in [1.82, 2.24) is 9.78 Å². The lowest BCUT2D eigenvalue weighted by atomic mass is 10.2. The molecule has 112 valence electrons. The standard InChI is InChI=1S/C13H12ClF2N3O2/c1-7-9(6-17-19(7)2)12(20)18-8-3-4-11(10(14)5-8)21-13(15)16/h3-6,13H,1-2H3,(H,18,20). The van der Waals surface area contributed by atoms with Crippen LogP contribution in [0.2, 0.25) is 5.02 Å². The van der Waals surface area contributed by atoms with Gasteiger partial charge in [0.05, 0.1) is 16.8 Å². The lowest BCUT2D eigenvalue weighted by Gasteiger charge is -2.09. The molecule has 5 nitrogen and oxygen atoms in total. The number of benzene rings is 1. The van der Waals surface area contributed by atoms with E-state index < -0.39 is 6.61 Å². The van der Waals surface area contributed by atoms with Gasteiger partial charge in [-0.05, 0) is 25.1 Å². The SMILES string of the molecule is Cc1c(C(=O)Nc2ccc(OC(F)F)c(Cl)c2)cnn1C. The Hall–Kier alpha value is -2.15. The minimum atomic E-state index is -2.96. The van der Waals surface area contributed by atoms with Crippen molar-refractivity contribution in [3.05, 3.63) is 40.7 Å². The van der Waals surface area contributed by atoms with E-state index in [1.165, 1.54) is 24.4 Å². The van der Waals surface area contributed by atoms with Crippen molar-refractivity contribution >= 4 is 23.2 Å². The second kappa shape index (κ2) is 6.09. The molecule has 1 N–H and O–H groups in total. The largest absolute Gasteiger partial charge is 0.433 e. The third kappa shape index (κ3) is 3.49. The number of anilines is 1. The van der Waals surface area contributed by atoms with Gasteiger partial charge in [-0.25, -0.2) is 0 Å². The van der Waals surface area contributed by atoms with Crippen LogP contribution in [0.25, 0.3) is 0 Å². The summed E-state index contributed by atoms with van der Waals surface area (Å²) in [5, 5.41) is 6.57. The summed E-state index contributed by atoms with van der Waals surface area (Å²) in [7, 11) is 1.72. The Labute approximate surface area is 124 Å². The number of nitrogens with one attached hydrogen (secondary N) is 1. The molecule has 1 amide bonds. The molecule has 2 rings (SSSR count). The third-order valence-electron chi connectivity index (χ3n) is 2.89. The van der Waals surface area contributed by atoms with E-state index in [2.05, 4.69) is 15.2 Å². The van der Waals surface area contributed by atoms with E-state index in [1.54, 1.807) is 18.7 Å². The van der Waals surface area contributed by atoms with Gasteiger partial charge in [-0.1, -0.05) is 11.6 Å². The summed E-state index contributed by atoms with van der Waals surface area (Å²) in [6, 6.07) is 4.02. The molecule has 0 spiro atoms. The molecule has 0 unspecified atom stereocenters. The Morgan fingerprint density at radius 1 is 1.48 bits per heavy atom. The Morgan fingerprint density at radius 3 is 2.71 bits per heavy atom. The Morgan fingerprint density at radius 2 is 2.19 bits per heavy atom. The zero-order chi connectivity index (χ0) is 15.6. The van der Waals surface area contributed by atoms with E-state index in [9.17, 15) is 13.6 Å². The first-order valence-electron chi connectivity index (χ1n) is 5.93. The molecule has 2 aromatic rings. The number of aromatic nitrogens is 2. The molecule has 0 aliphatic carbocycles. The van der Waals surface area contributed by atoms with Gasteiger partial charge in [0.1, 0.15) is 5.75 Å². The van der Waals surface area contributed by atoms with Gasteiger partial charge in [-0.15, -0.1) is 0 Å². The molecule has 0 aliphatic rings. The molecule has 0 fully saturated rings. The van der Waals surface area contributed by atoms with E-state index in [0.29, 0.717) is 16.9 Å². The summed E-state index contributed by atoms with van der Waals surface area (Å²) >= 11 is 5.81. The highest BCUT2D eigenvalue weighted by atomic mass is 35.5. The van der Waals surface area contributed by atoms with Gasteiger partial charge >= 0.3 is 6.61 Å². The van der Waals surface area contributed by atoms with Crippen LogP contribution in [0.15, 0.2) is 24.4 Å². The number of rotatable bonds is 4. The second-order valence-corrected chi connectivity index (χ2v) is 4.65. The molecule has 0 aliphatic heterocycles. The highest BCUT2D eigenvalue weighted by Gasteiger charge is 2.14. The van der Waals surface area contributed by atoms with Crippen LogP contribution in [0, 0.1) is 6.92 Å². The first-order chi connectivity index (χ1) is 9.88. The molecule has 0 atom stereocenters. The van der Waals surface area contributed by atoms with Crippen molar-refractivity contribution in [1.29, 1.82) is 0 Å². The number of carbonyl (C=O) groups excluding carboxylic acids is 1. The summed E-state index contributed by atoms with van der Waals surface area (Å²) in [6.45, 7) is -1.20. The minimum Gasteiger partial charge on any atom is -0.433 e. The fourth-order valence-corrected chi connectivity index (χ4v) is 1.92. The monoisotopic (exact) mass is 315 g/mol. The zero-order valence-electron chi connectivity index (χ0n) is 11.2. The maximum Gasteiger partial charge on any atom is 0.387 e. The van der Waals surface area contributed by atoms with Crippen LogP contribution < -0.4 is 10.1 Å². The van der Waals surface area contributed by atoms with Crippen molar-refractivity contribution in [2.75, 3.05) is 5.32 Å². The summed E-state index contributed by atoms with van der Waals surface area (Å²) in [5.74, 6) is -0.513. The van der Waals surface area contributed by atoms with Crippen LogP contribution in [0.5, 0.6) is 5.75 Å². The highest BCUT2D eigenvalue weighted by molar-refractivity contribution is 6.32. The van der Waals surface area contributed by atoms with Crippen molar-refractivity contribution in [2.45, 2.75) is 13.5 Å². The highest BCUT2D eigenvalue weighted by Crippen LogP contribution is 2.29. The van der Waals surface area contributed by atoms with Crippen molar-refractivity contribution < 1.29 is 18.3 Å². The molecule has 1 aromatic heterocycles. The van der Waals surface area contributed by atoms with Gasteiger partial charge in [-0.3, -0.25) is 9.48 Å². The van der Waals surface area contributed by atoms with Crippen LogP contribution in [-0.4, -0.2) is 22.3 Å². The van der Waals surface area contributed by atoms with Gasteiger partial charge in [-0.2, -0.15) is 13.9 Å². The lowest BCUT2D eigenvalue weighted by molar-refractivity contribution is -0.0497. The number of ether oxygens (including phenoxy) is 1. The van der Waals surface area contributed by atoms with Crippen molar-refractivity contribution in [3.63, 3.8) is 0 Å². The van der Waals surface area contributed by atoms with Crippen LogP contribution in [0.4, 0.5) is 14.5 Å². The molecule has 1 aromatic carbocycles. The molecule has 0 saturated heterocycles. The predicted molar refractivity (Wildman–Crippen MR) is 74.0 cm³/mol. The number of nitrogens with zero attached hydrogens (tertiary/aromatic N) is 2. The molecule has 8 heteroatoms. The minimum absolute atomic E-state index is 0.0176. The third-order valence-corrected chi connectivity index (χ3v) is 3.18. The van der Waals surface area contributed by atoms with Crippen LogP contribution >= 0.6 is 11.6 Å². The molecule has 0 saturated carbocycles. The molecule has 21 heavy (non-hydrogen) atoms. The van der Waals surface area contributed by atoms with Crippen LogP contribution in [0.3, 0.4) is 0 Å². The van der Waals surface area contributed by atoms with Gasteiger partial charge in [0.2, 0.25) is 0 Å². The number of hydrogen-bond donors (Lipinski definition) is 1. The normalized spacial score (nSPS) is 10.8. The maximum absolute atomic E-state index is 12.1. The first-order valence-corrected chi connectivity index (χ1v) is 6.30. The first kappa shape index (κ1) is 15.2. The molecule has 1 heterocycles.